The van der Waals surface area contributed by atoms with Gasteiger partial charge in [-0.2, -0.15) is 0 Å². The molecule has 0 amide bonds. The summed E-state index contributed by atoms with van der Waals surface area (Å²) in [6.45, 7) is 2.48. The van der Waals surface area contributed by atoms with Crippen molar-refractivity contribution in [3.05, 3.63) is 23.8 Å². The molecule has 82 valence electrons. The van der Waals surface area contributed by atoms with E-state index in [0.29, 0.717) is 34.6 Å². The molecule has 0 aromatic heterocycles. The number of carbonyl (C=O) groups excluding carboxylic acids is 1. The molecular weight excluding hydrogens is 276 g/mol. The van der Waals surface area contributed by atoms with Crippen molar-refractivity contribution in [3.63, 3.8) is 0 Å². The zero-order valence-corrected chi connectivity index (χ0v) is 11.0. The van der Waals surface area contributed by atoms with Gasteiger partial charge in [0.05, 0.1) is 11.5 Å². The van der Waals surface area contributed by atoms with E-state index in [1.165, 1.54) is 0 Å². The Bertz CT molecular complexity index is 352. The van der Waals surface area contributed by atoms with Crippen molar-refractivity contribution < 1.29 is 9.53 Å². The van der Waals surface area contributed by atoms with Crippen LogP contribution in [0.25, 0.3) is 0 Å². The van der Waals surface area contributed by atoms with Crippen LogP contribution in [0.5, 0.6) is 5.75 Å². The second-order valence-corrected chi connectivity index (χ2v) is 4.19. The van der Waals surface area contributed by atoms with Crippen LogP contribution in [0.1, 0.15) is 23.7 Å². The highest BCUT2D eigenvalue weighted by Crippen LogP contribution is 2.27. The Morgan fingerprint density at radius 2 is 2.27 bits per heavy atom. The molecule has 0 radical (unpaired) electrons. The number of alkyl halides is 1. The van der Waals surface area contributed by atoms with Crippen LogP contribution in [0.2, 0.25) is 0 Å². The van der Waals surface area contributed by atoms with Gasteiger partial charge >= 0.3 is 0 Å². The summed E-state index contributed by atoms with van der Waals surface area (Å²) in [7, 11) is 0. The molecule has 1 aromatic carbocycles. The van der Waals surface area contributed by atoms with E-state index in [2.05, 4.69) is 28.6 Å². The van der Waals surface area contributed by atoms with Gasteiger partial charge in [0.15, 0.2) is 5.78 Å². The number of Topliss-reactive ketones (excluding diaryl/α,β-unsaturated/α-hetero) is 1. The predicted octanol–water partition coefficient (Wildman–Crippen LogP) is 3.34. The lowest BCUT2D eigenvalue weighted by Gasteiger charge is -2.09. The van der Waals surface area contributed by atoms with E-state index in [1.54, 1.807) is 6.07 Å². The molecule has 1 rings (SSSR count). The van der Waals surface area contributed by atoms with Gasteiger partial charge in [-0.15, -0.1) is 12.6 Å². The second kappa shape index (κ2) is 6.18. The van der Waals surface area contributed by atoms with Gasteiger partial charge in [0.2, 0.25) is 0 Å². The monoisotopic (exact) mass is 288 g/mol. The smallest absolute Gasteiger partial charge is 0.164 e. The molecule has 0 bridgehead atoms. The van der Waals surface area contributed by atoms with E-state index in [9.17, 15) is 4.79 Å². The van der Waals surface area contributed by atoms with Gasteiger partial charge in [-0.05, 0) is 13.0 Å². The Morgan fingerprint density at radius 3 is 2.87 bits per heavy atom. The lowest BCUT2D eigenvalue weighted by atomic mass is 10.1. The summed E-state index contributed by atoms with van der Waals surface area (Å²) < 4.78 is 5.37. The van der Waals surface area contributed by atoms with Crippen molar-refractivity contribution in [2.24, 2.45) is 0 Å². The first-order valence-corrected chi connectivity index (χ1v) is 6.31. The van der Waals surface area contributed by atoms with Crippen molar-refractivity contribution in [1.82, 2.24) is 0 Å². The molecule has 0 saturated carbocycles. The quantitative estimate of drug-likeness (QED) is 0.511. The normalized spacial score (nSPS) is 10.1. The maximum Gasteiger partial charge on any atom is 0.164 e. The van der Waals surface area contributed by atoms with Crippen LogP contribution in [-0.4, -0.2) is 17.7 Å². The molecule has 0 aliphatic rings. The molecule has 0 fully saturated rings. The molecule has 4 heteroatoms. The Balaban J connectivity index is 2.98. The fourth-order valence-corrected chi connectivity index (χ4v) is 1.94. The Labute approximate surface area is 104 Å². The molecule has 1 aromatic rings. The van der Waals surface area contributed by atoms with Gasteiger partial charge in [0, 0.05) is 17.3 Å². The molecule has 0 heterocycles. The molecule has 0 atom stereocenters. The highest BCUT2D eigenvalue weighted by atomic mass is 79.9. The van der Waals surface area contributed by atoms with Crippen molar-refractivity contribution in [3.8, 4) is 5.75 Å². The number of rotatable bonds is 5. The average molecular weight is 289 g/mol. The van der Waals surface area contributed by atoms with Gasteiger partial charge in [-0.3, -0.25) is 4.79 Å². The van der Waals surface area contributed by atoms with Crippen LogP contribution in [0.3, 0.4) is 0 Å². The maximum atomic E-state index is 11.7. The van der Waals surface area contributed by atoms with Gasteiger partial charge in [0.25, 0.3) is 0 Å². The van der Waals surface area contributed by atoms with Crippen molar-refractivity contribution >= 4 is 34.3 Å². The number of carbonyl (C=O) groups is 1. The highest BCUT2D eigenvalue weighted by Gasteiger charge is 2.12. The summed E-state index contributed by atoms with van der Waals surface area (Å²) in [6, 6.07) is 5.40. The number of ketones is 1. The minimum Gasteiger partial charge on any atom is -0.493 e. The first kappa shape index (κ1) is 12.6. The molecule has 0 spiro atoms. The van der Waals surface area contributed by atoms with E-state index in [-0.39, 0.29) is 5.78 Å². The standard InChI is InChI=1S/C11H13BrO2S/c1-2-14-10-5-3-4-8(11(10)15)9(13)6-7-12/h3-5,15H,2,6-7H2,1H3. The summed E-state index contributed by atoms with van der Waals surface area (Å²) in [5, 5.41) is 0.665. The molecule has 0 saturated heterocycles. The molecule has 15 heavy (non-hydrogen) atoms. The second-order valence-electron chi connectivity index (χ2n) is 2.95. The van der Waals surface area contributed by atoms with Gasteiger partial charge < -0.3 is 4.74 Å². The maximum absolute atomic E-state index is 11.7. The number of thiol groups is 1. The zero-order chi connectivity index (χ0) is 11.3. The third-order valence-electron chi connectivity index (χ3n) is 1.92. The molecule has 0 aliphatic carbocycles. The van der Waals surface area contributed by atoms with Gasteiger partial charge in [-0.25, -0.2) is 0 Å². The van der Waals surface area contributed by atoms with Gasteiger partial charge in [0.1, 0.15) is 5.75 Å². The van der Waals surface area contributed by atoms with Crippen LogP contribution in [-0.2, 0) is 0 Å². The number of benzene rings is 1. The lowest BCUT2D eigenvalue weighted by Crippen LogP contribution is -2.03. The number of hydrogen-bond donors (Lipinski definition) is 1. The summed E-state index contributed by atoms with van der Waals surface area (Å²) in [5.74, 6) is 0.750. The van der Waals surface area contributed by atoms with E-state index >= 15 is 0 Å². The fraction of sp³-hybridized carbons (Fsp3) is 0.364. The first-order valence-electron chi connectivity index (χ1n) is 4.74. The Hall–Kier alpha value is -0.480. The third kappa shape index (κ3) is 3.24. The molecule has 0 unspecified atom stereocenters. The highest BCUT2D eigenvalue weighted by molar-refractivity contribution is 9.09. The number of halogens is 1. The Morgan fingerprint density at radius 1 is 1.53 bits per heavy atom. The van der Waals surface area contributed by atoms with Crippen LogP contribution < -0.4 is 4.74 Å². The molecular formula is C11H13BrO2S. The van der Waals surface area contributed by atoms with Crippen molar-refractivity contribution in [2.75, 3.05) is 11.9 Å². The lowest BCUT2D eigenvalue weighted by molar-refractivity contribution is 0.0986. The zero-order valence-electron chi connectivity index (χ0n) is 8.50. The molecule has 0 N–H and O–H groups in total. The third-order valence-corrected chi connectivity index (χ3v) is 2.78. The topological polar surface area (TPSA) is 26.3 Å². The van der Waals surface area contributed by atoms with Crippen LogP contribution >= 0.6 is 28.6 Å². The molecule has 0 aliphatic heterocycles. The van der Waals surface area contributed by atoms with Crippen molar-refractivity contribution in [1.29, 1.82) is 0 Å². The summed E-state index contributed by atoms with van der Waals surface area (Å²) in [4.78, 5) is 12.3. The fourth-order valence-electron chi connectivity index (χ4n) is 1.24. The minimum atomic E-state index is 0.0819. The average Bonchev–Trinajstić information content (AvgIpc) is 2.22. The van der Waals surface area contributed by atoms with E-state index in [4.69, 9.17) is 4.74 Å². The van der Waals surface area contributed by atoms with Crippen LogP contribution in [0.15, 0.2) is 23.1 Å². The largest absolute Gasteiger partial charge is 0.493 e. The van der Waals surface area contributed by atoms with E-state index < -0.39 is 0 Å². The summed E-state index contributed by atoms with van der Waals surface area (Å²) in [6.07, 6.45) is 0.475. The predicted molar refractivity (Wildman–Crippen MR) is 67.6 cm³/mol. The van der Waals surface area contributed by atoms with E-state index in [0.717, 1.165) is 0 Å². The summed E-state index contributed by atoms with van der Waals surface area (Å²) in [5.41, 5.74) is 0.628. The SMILES string of the molecule is CCOc1cccc(C(=O)CCBr)c1S. The number of ether oxygens (including phenoxy) is 1. The van der Waals surface area contributed by atoms with Crippen LogP contribution in [0.4, 0.5) is 0 Å². The van der Waals surface area contributed by atoms with Crippen molar-refractivity contribution in [2.45, 2.75) is 18.2 Å². The van der Waals surface area contributed by atoms with Crippen LogP contribution in [0, 0.1) is 0 Å². The first-order chi connectivity index (χ1) is 7.20. The molecule has 2 nitrogen and oxygen atoms in total. The van der Waals surface area contributed by atoms with E-state index in [1.807, 2.05) is 19.1 Å². The Kier molecular flexibility index (Phi) is 5.19. The minimum absolute atomic E-state index is 0.0819. The van der Waals surface area contributed by atoms with Gasteiger partial charge in [-0.1, -0.05) is 28.1 Å². The number of hydrogen-bond acceptors (Lipinski definition) is 3. The summed E-state index contributed by atoms with van der Waals surface area (Å²) >= 11 is 7.56.